The molecule has 21 heavy (non-hydrogen) atoms. The molecule has 1 aromatic carbocycles. The Labute approximate surface area is 125 Å². The molecule has 0 fully saturated rings. The van der Waals surface area contributed by atoms with Crippen LogP contribution in [0.4, 0.5) is 0 Å². The van der Waals surface area contributed by atoms with Gasteiger partial charge in [0.25, 0.3) is 0 Å². The van der Waals surface area contributed by atoms with Crippen LogP contribution in [-0.4, -0.2) is 39.9 Å². The fourth-order valence-corrected chi connectivity index (χ4v) is 2.58. The molecule has 2 N–H and O–H groups in total. The molecule has 1 aromatic rings. The third kappa shape index (κ3) is 5.02. The molecular formula is C14H22N2O4S. The van der Waals surface area contributed by atoms with Gasteiger partial charge in [-0.25, -0.2) is 13.6 Å². The zero-order chi connectivity index (χ0) is 16.2. The lowest BCUT2D eigenvalue weighted by Gasteiger charge is -2.20. The van der Waals surface area contributed by atoms with Crippen molar-refractivity contribution in [2.24, 2.45) is 11.1 Å². The number of primary sulfonamides is 1. The first-order valence-corrected chi connectivity index (χ1v) is 8.13. The van der Waals surface area contributed by atoms with Gasteiger partial charge in [0, 0.05) is 19.2 Å². The van der Waals surface area contributed by atoms with Crippen molar-refractivity contribution in [3.8, 4) is 5.75 Å². The van der Waals surface area contributed by atoms with Crippen LogP contribution >= 0.6 is 0 Å². The highest BCUT2D eigenvalue weighted by Crippen LogP contribution is 2.23. The summed E-state index contributed by atoms with van der Waals surface area (Å²) in [6, 6.07) is 4.25. The summed E-state index contributed by atoms with van der Waals surface area (Å²) in [5.41, 5.74) is 0.504. The van der Waals surface area contributed by atoms with Crippen molar-refractivity contribution in [3.63, 3.8) is 0 Å². The van der Waals surface area contributed by atoms with Crippen LogP contribution < -0.4 is 9.88 Å². The van der Waals surface area contributed by atoms with E-state index in [4.69, 9.17) is 9.88 Å². The highest BCUT2D eigenvalue weighted by molar-refractivity contribution is 7.89. The summed E-state index contributed by atoms with van der Waals surface area (Å²) in [4.78, 5) is 13.8. The number of nitrogens with zero attached hydrogens (tertiary/aromatic N) is 1. The smallest absolute Gasteiger partial charge is 0.238 e. The lowest BCUT2D eigenvalue weighted by Crippen LogP contribution is -2.31. The van der Waals surface area contributed by atoms with Crippen molar-refractivity contribution in [3.05, 3.63) is 23.8 Å². The Bertz CT molecular complexity index is 611. The predicted molar refractivity (Wildman–Crippen MR) is 80.5 cm³/mol. The van der Waals surface area contributed by atoms with Crippen molar-refractivity contribution in [1.29, 1.82) is 0 Å². The molecule has 0 spiro atoms. The maximum atomic E-state index is 12.2. The number of nitrogens with two attached hydrogens (primary N) is 1. The van der Waals surface area contributed by atoms with Gasteiger partial charge in [-0.3, -0.25) is 4.79 Å². The Kier molecular flexibility index (Phi) is 5.74. The molecule has 118 valence electrons. The minimum Gasteiger partial charge on any atom is -0.496 e. The molecule has 0 aliphatic carbocycles. The Balaban J connectivity index is 3.03. The van der Waals surface area contributed by atoms with Crippen molar-refractivity contribution in [2.45, 2.75) is 25.2 Å². The predicted octanol–water partition coefficient (Wildman–Crippen LogP) is 0.999. The molecule has 0 radical (unpaired) electrons. The average molecular weight is 314 g/mol. The number of sulfonamides is 1. The zero-order valence-corrected chi connectivity index (χ0v) is 13.6. The number of hydrogen-bond acceptors (Lipinski definition) is 4. The Morgan fingerprint density at radius 3 is 2.48 bits per heavy atom. The molecule has 0 heterocycles. The lowest BCUT2D eigenvalue weighted by molar-refractivity contribution is -0.129. The highest BCUT2D eigenvalue weighted by Gasteiger charge is 2.17. The topological polar surface area (TPSA) is 89.7 Å². The first-order valence-electron chi connectivity index (χ1n) is 6.58. The number of hydrogen-bond donors (Lipinski definition) is 1. The number of likely N-dealkylation sites (N-methyl/N-ethyl adjacent to an activating group) is 1. The van der Waals surface area contributed by atoms with E-state index in [0.717, 1.165) is 0 Å². The van der Waals surface area contributed by atoms with Crippen molar-refractivity contribution in [2.75, 3.05) is 20.7 Å². The molecular weight excluding hydrogens is 292 g/mol. The summed E-state index contributed by atoms with van der Waals surface area (Å²) < 4.78 is 28.0. The van der Waals surface area contributed by atoms with Gasteiger partial charge in [-0.05, 0) is 24.1 Å². The number of amides is 1. The molecule has 7 heteroatoms. The van der Waals surface area contributed by atoms with E-state index in [-0.39, 0.29) is 17.2 Å². The number of rotatable bonds is 6. The second-order valence-corrected chi connectivity index (χ2v) is 6.92. The summed E-state index contributed by atoms with van der Waals surface area (Å²) in [7, 11) is -0.615. The van der Waals surface area contributed by atoms with Gasteiger partial charge in [0.1, 0.15) is 5.75 Å². The zero-order valence-electron chi connectivity index (χ0n) is 12.8. The lowest BCUT2D eigenvalue weighted by atomic mass is 10.1. The van der Waals surface area contributed by atoms with Crippen LogP contribution in [-0.2, 0) is 21.2 Å². The molecule has 0 bridgehead atoms. The van der Waals surface area contributed by atoms with Gasteiger partial charge in [0.05, 0.1) is 18.4 Å². The SMILES string of the molecule is COc1ccc(S(N)(=O)=O)cc1CC(=O)N(C)CC(C)C. The van der Waals surface area contributed by atoms with E-state index in [2.05, 4.69) is 0 Å². The molecule has 0 saturated carbocycles. The van der Waals surface area contributed by atoms with Crippen molar-refractivity contribution < 1.29 is 17.9 Å². The van der Waals surface area contributed by atoms with Crippen LogP contribution in [0.5, 0.6) is 5.75 Å². The quantitative estimate of drug-likeness (QED) is 0.848. The number of carbonyl (C=O) groups is 1. The van der Waals surface area contributed by atoms with Crippen molar-refractivity contribution in [1.82, 2.24) is 4.90 Å². The van der Waals surface area contributed by atoms with Gasteiger partial charge in [-0.1, -0.05) is 13.8 Å². The summed E-state index contributed by atoms with van der Waals surface area (Å²) in [5, 5.41) is 5.11. The van der Waals surface area contributed by atoms with Gasteiger partial charge >= 0.3 is 0 Å². The van der Waals surface area contributed by atoms with E-state index in [1.165, 1.54) is 25.3 Å². The number of benzene rings is 1. The molecule has 1 rings (SSSR count). The molecule has 0 saturated heterocycles. The Morgan fingerprint density at radius 2 is 2.00 bits per heavy atom. The van der Waals surface area contributed by atoms with Crippen LogP contribution in [0, 0.1) is 5.92 Å². The average Bonchev–Trinajstić information content (AvgIpc) is 2.36. The summed E-state index contributed by atoms with van der Waals surface area (Å²) in [6.45, 7) is 4.67. The van der Waals surface area contributed by atoms with Gasteiger partial charge in [0.15, 0.2) is 0 Å². The maximum absolute atomic E-state index is 12.2. The fraction of sp³-hybridized carbons (Fsp3) is 0.500. The first kappa shape index (κ1) is 17.5. The van der Waals surface area contributed by atoms with E-state index in [9.17, 15) is 13.2 Å². The van der Waals surface area contributed by atoms with Crippen LogP contribution in [0.2, 0.25) is 0 Å². The maximum Gasteiger partial charge on any atom is 0.238 e. The van der Waals surface area contributed by atoms with E-state index in [1.54, 1.807) is 11.9 Å². The Hall–Kier alpha value is -1.60. The Morgan fingerprint density at radius 1 is 1.38 bits per heavy atom. The van der Waals surface area contributed by atoms with Gasteiger partial charge in [-0.15, -0.1) is 0 Å². The third-order valence-electron chi connectivity index (χ3n) is 2.99. The molecule has 1 amide bonds. The number of methoxy groups -OCH3 is 1. The van der Waals surface area contributed by atoms with E-state index in [1.807, 2.05) is 13.8 Å². The molecule has 0 unspecified atom stereocenters. The number of carbonyl (C=O) groups excluding carboxylic acids is 1. The fourth-order valence-electron chi connectivity index (χ4n) is 2.02. The normalized spacial score (nSPS) is 11.5. The van der Waals surface area contributed by atoms with Crippen LogP contribution in [0.1, 0.15) is 19.4 Å². The summed E-state index contributed by atoms with van der Waals surface area (Å²) in [5.74, 6) is 0.721. The van der Waals surface area contributed by atoms with E-state index in [0.29, 0.717) is 23.8 Å². The third-order valence-corrected chi connectivity index (χ3v) is 3.90. The monoisotopic (exact) mass is 314 g/mol. The van der Waals surface area contributed by atoms with Gasteiger partial charge in [0.2, 0.25) is 15.9 Å². The second-order valence-electron chi connectivity index (χ2n) is 5.36. The summed E-state index contributed by atoms with van der Waals surface area (Å²) in [6.07, 6.45) is 0.0652. The summed E-state index contributed by atoms with van der Waals surface area (Å²) >= 11 is 0. The molecule has 0 aliphatic rings. The van der Waals surface area contributed by atoms with Crippen LogP contribution in [0.15, 0.2) is 23.1 Å². The van der Waals surface area contributed by atoms with Gasteiger partial charge < -0.3 is 9.64 Å². The molecule has 0 atom stereocenters. The van der Waals surface area contributed by atoms with Gasteiger partial charge in [-0.2, -0.15) is 0 Å². The first-order chi connectivity index (χ1) is 9.65. The van der Waals surface area contributed by atoms with Crippen LogP contribution in [0.3, 0.4) is 0 Å². The standard InChI is InChI=1S/C14H22N2O4S/c1-10(2)9-16(3)14(17)8-11-7-12(21(15,18)19)5-6-13(11)20-4/h5-7,10H,8-9H2,1-4H3,(H2,15,18,19). The highest BCUT2D eigenvalue weighted by atomic mass is 32.2. The number of ether oxygens (including phenoxy) is 1. The largest absolute Gasteiger partial charge is 0.496 e. The molecule has 0 aromatic heterocycles. The van der Waals surface area contributed by atoms with E-state index >= 15 is 0 Å². The minimum absolute atomic E-state index is 0.0300. The molecule has 0 aliphatic heterocycles. The van der Waals surface area contributed by atoms with Crippen molar-refractivity contribution >= 4 is 15.9 Å². The molecule has 6 nitrogen and oxygen atoms in total. The minimum atomic E-state index is -3.81. The van der Waals surface area contributed by atoms with Crippen LogP contribution in [0.25, 0.3) is 0 Å². The van der Waals surface area contributed by atoms with E-state index < -0.39 is 10.0 Å². The second kappa shape index (κ2) is 6.91.